The average molecular weight is 212 g/mol. The molecule has 0 aromatic heterocycles. The summed E-state index contributed by atoms with van der Waals surface area (Å²) in [5.74, 6) is 1.57. The van der Waals surface area contributed by atoms with Crippen LogP contribution in [0.1, 0.15) is 66.2 Å². The summed E-state index contributed by atoms with van der Waals surface area (Å²) in [7, 11) is 0. The van der Waals surface area contributed by atoms with Gasteiger partial charge in [-0.05, 0) is 36.5 Å². The Morgan fingerprint density at radius 2 is 1.87 bits per heavy atom. The molecule has 1 nitrogen and oxygen atoms in total. The van der Waals surface area contributed by atoms with Crippen LogP contribution >= 0.6 is 0 Å². The summed E-state index contributed by atoms with van der Waals surface area (Å²) in [6.07, 6.45) is 7.05. The molecular formula is C14H28O. The van der Waals surface area contributed by atoms with E-state index in [9.17, 15) is 5.11 Å². The van der Waals surface area contributed by atoms with Gasteiger partial charge >= 0.3 is 0 Å². The number of rotatable bonds is 4. The van der Waals surface area contributed by atoms with Gasteiger partial charge in [0.1, 0.15) is 0 Å². The Balaban J connectivity index is 2.78. The van der Waals surface area contributed by atoms with Gasteiger partial charge in [-0.1, -0.05) is 47.0 Å². The standard InChI is InChI=1S/C14H28O/c1-5-11(6-2)14(4)9-8-13(15)10-12(14)7-3/h11-13,15H,5-10H2,1-4H3. The molecule has 0 aliphatic heterocycles. The molecule has 0 amide bonds. The molecule has 1 rings (SSSR count). The van der Waals surface area contributed by atoms with Crippen LogP contribution in [0.5, 0.6) is 0 Å². The van der Waals surface area contributed by atoms with E-state index < -0.39 is 0 Å². The van der Waals surface area contributed by atoms with Gasteiger partial charge in [0.05, 0.1) is 6.10 Å². The van der Waals surface area contributed by atoms with Gasteiger partial charge < -0.3 is 5.11 Å². The third-order valence-electron chi connectivity index (χ3n) is 4.92. The average Bonchev–Trinajstić information content (AvgIpc) is 2.23. The Kier molecular flexibility index (Phi) is 4.64. The Hall–Kier alpha value is -0.0400. The van der Waals surface area contributed by atoms with Crippen molar-refractivity contribution in [3.63, 3.8) is 0 Å². The summed E-state index contributed by atoms with van der Waals surface area (Å²) >= 11 is 0. The van der Waals surface area contributed by atoms with Gasteiger partial charge in [-0.3, -0.25) is 0 Å². The van der Waals surface area contributed by atoms with Crippen LogP contribution in [0.15, 0.2) is 0 Å². The second kappa shape index (κ2) is 5.34. The highest BCUT2D eigenvalue weighted by Crippen LogP contribution is 2.50. The normalized spacial score (nSPS) is 37.2. The molecule has 0 heterocycles. The lowest BCUT2D eigenvalue weighted by atomic mass is 9.58. The summed E-state index contributed by atoms with van der Waals surface area (Å²) in [4.78, 5) is 0. The summed E-state index contributed by atoms with van der Waals surface area (Å²) in [5.41, 5.74) is 0.484. The van der Waals surface area contributed by atoms with Crippen molar-refractivity contribution in [2.75, 3.05) is 0 Å². The molecule has 1 N–H and O–H groups in total. The van der Waals surface area contributed by atoms with Crippen molar-refractivity contribution in [3.8, 4) is 0 Å². The van der Waals surface area contributed by atoms with Crippen molar-refractivity contribution in [2.24, 2.45) is 17.3 Å². The fraction of sp³-hybridized carbons (Fsp3) is 1.00. The molecule has 0 aromatic carbocycles. The van der Waals surface area contributed by atoms with Crippen LogP contribution in [-0.4, -0.2) is 11.2 Å². The summed E-state index contributed by atoms with van der Waals surface area (Å²) in [6.45, 7) is 9.38. The number of aliphatic hydroxyl groups excluding tert-OH is 1. The van der Waals surface area contributed by atoms with Crippen molar-refractivity contribution in [2.45, 2.75) is 72.3 Å². The number of hydrogen-bond donors (Lipinski definition) is 1. The van der Waals surface area contributed by atoms with Crippen molar-refractivity contribution in [1.82, 2.24) is 0 Å². The first-order valence-electron chi connectivity index (χ1n) is 6.76. The second-order valence-corrected chi connectivity index (χ2v) is 5.55. The second-order valence-electron chi connectivity index (χ2n) is 5.55. The van der Waals surface area contributed by atoms with Crippen LogP contribution in [0.4, 0.5) is 0 Å². The van der Waals surface area contributed by atoms with E-state index in [4.69, 9.17) is 0 Å². The highest BCUT2D eigenvalue weighted by atomic mass is 16.3. The SMILES string of the molecule is CCC(CC)C1(C)CCC(O)CC1CC. The lowest BCUT2D eigenvalue weighted by Gasteiger charge is -2.48. The van der Waals surface area contributed by atoms with Crippen molar-refractivity contribution < 1.29 is 5.11 Å². The molecule has 1 aliphatic carbocycles. The van der Waals surface area contributed by atoms with E-state index in [1.807, 2.05) is 0 Å². The first-order chi connectivity index (χ1) is 7.08. The molecule has 1 saturated carbocycles. The van der Waals surface area contributed by atoms with Gasteiger partial charge in [-0.15, -0.1) is 0 Å². The minimum absolute atomic E-state index is 0.0302. The molecule has 90 valence electrons. The summed E-state index contributed by atoms with van der Waals surface area (Å²) in [5, 5.41) is 9.77. The highest BCUT2D eigenvalue weighted by Gasteiger charge is 2.42. The molecule has 1 fully saturated rings. The smallest absolute Gasteiger partial charge is 0.0543 e. The van der Waals surface area contributed by atoms with E-state index in [1.165, 1.54) is 25.7 Å². The predicted molar refractivity (Wildman–Crippen MR) is 65.8 cm³/mol. The largest absolute Gasteiger partial charge is 0.393 e. The van der Waals surface area contributed by atoms with Crippen LogP contribution in [0.3, 0.4) is 0 Å². The Bertz CT molecular complexity index is 186. The zero-order valence-electron chi connectivity index (χ0n) is 10.9. The third kappa shape index (κ3) is 2.55. The Labute approximate surface area is 95.3 Å². The summed E-state index contributed by atoms with van der Waals surface area (Å²) < 4.78 is 0. The van der Waals surface area contributed by atoms with Crippen LogP contribution in [-0.2, 0) is 0 Å². The lowest BCUT2D eigenvalue weighted by Crippen LogP contribution is -2.41. The molecular weight excluding hydrogens is 184 g/mol. The fourth-order valence-corrected chi connectivity index (χ4v) is 3.79. The van der Waals surface area contributed by atoms with Gasteiger partial charge in [0.25, 0.3) is 0 Å². The first kappa shape index (κ1) is 13.0. The minimum Gasteiger partial charge on any atom is -0.393 e. The number of hydrogen-bond acceptors (Lipinski definition) is 1. The van der Waals surface area contributed by atoms with Gasteiger partial charge in [-0.25, -0.2) is 0 Å². The topological polar surface area (TPSA) is 20.2 Å². The van der Waals surface area contributed by atoms with E-state index in [-0.39, 0.29) is 6.10 Å². The molecule has 0 saturated heterocycles. The maximum atomic E-state index is 9.77. The lowest BCUT2D eigenvalue weighted by molar-refractivity contribution is -0.0232. The van der Waals surface area contributed by atoms with Gasteiger partial charge in [0.15, 0.2) is 0 Å². The van der Waals surface area contributed by atoms with E-state index in [2.05, 4.69) is 27.7 Å². The van der Waals surface area contributed by atoms with Gasteiger partial charge in [0, 0.05) is 0 Å². The molecule has 0 aromatic rings. The van der Waals surface area contributed by atoms with Crippen LogP contribution in [0.25, 0.3) is 0 Å². The molecule has 1 aliphatic rings. The molecule has 1 heteroatoms. The van der Waals surface area contributed by atoms with Crippen LogP contribution < -0.4 is 0 Å². The Morgan fingerprint density at radius 1 is 1.27 bits per heavy atom. The van der Waals surface area contributed by atoms with E-state index in [1.54, 1.807) is 0 Å². The fourth-order valence-electron chi connectivity index (χ4n) is 3.79. The summed E-state index contributed by atoms with van der Waals surface area (Å²) in [6, 6.07) is 0. The third-order valence-corrected chi connectivity index (χ3v) is 4.92. The van der Waals surface area contributed by atoms with E-state index in [0.717, 1.165) is 24.7 Å². The van der Waals surface area contributed by atoms with E-state index in [0.29, 0.717) is 5.41 Å². The quantitative estimate of drug-likeness (QED) is 0.747. The maximum Gasteiger partial charge on any atom is 0.0543 e. The molecule has 3 atom stereocenters. The monoisotopic (exact) mass is 212 g/mol. The number of aliphatic hydroxyl groups is 1. The van der Waals surface area contributed by atoms with Gasteiger partial charge in [-0.2, -0.15) is 0 Å². The molecule has 3 unspecified atom stereocenters. The zero-order chi connectivity index (χ0) is 11.5. The van der Waals surface area contributed by atoms with Crippen molar-refractivity contribution in [1.29, 1.82) is 0 Å². The molecule has 15 heavy (non-hydrogen) atoms. The van der Waals surface area contributed by atoms with Crippen molar-refractivity contribution >= 4 is 0 Å². The molecule has 0 bridgehead atoms. The zero-order valence-corrected chi connectivity index (χ0v) is 10.9. The van der Waals surface area contributed by atoms with Crippen LogP contribution in [0.2, 0.25) is 0 Å². The van der Waals surface area contributed by atoms with E-state index >= 15 is 0 Å². The van der Waals surface area contributed by atoms with Crippen LogP contribution in [0, 0.1) is 17.3 Å². The van der Waals surface area contributed by atoms with Gasteiger partial charge in [0.2, 0.25) is 0 Å². The Morgan fingerprint density at radius 3 is 2.33 bits per heavy atom. The molecule has 0 spiro atoms. The highest BCUT2D eigenvalue weighted by molar-refractivity contribution is 4.92. The first-order valence-corrected chi connectivity index (χ1v) is 6.76. The van der Waals surface area contributed by atoms with Crippen molar-refractivity contribution in [3.05, 3.63) is 0 Å². The predicted octanol–water partition coefficient (Wildman–Crippen LogP) is 4.00. The minimum atomic E-state index is -0.0302. The maximum absolute atomic E-state index is 9.77. The molecule has 0 radical (unpaired) electrons.